The fourth-order valence-electron chi connectivity index (χ4n) is 2.94. The molecule has 0 bridgehead atoms. The number of hydrogen-bond donors (Lipinski definition) is 0. The molecule has 2 aromatic carbocycles. The number of thioether (sulfide) groups is 1. The van der Waals surface area contributed by atoms with Crippen LogP contribution in [0.15, 0.2) is 47.4 Å². The highest BCUT2D eigenvalue weighted by molar-refractivity contribution is 8.18. The summed E-state index contributed by atoms with van der Waals surface area (Å²) in [6.07, 6.45) is 2.70. The summed E-state index contributed by atoms with van der Waals surface area (Å²) in [7, 11) is 0. The Bertz CT molecular complexity index is 952. The van der Waals surface area contributed by atoms with Gasteiger partial charge in [-0.2, -0.15) is 0 Å². The minimum Gasteiger partial charge on any atom is -0.490 e. The zero-order chi connectivity index (χ0) is 21.7. The summed E-state index contributed by atoms with van der Waals surface area (Å²) < 4.78 is 11.6. The minimum absolute atomic E-state index is 0.0772. The Balaban J connectivity index is 1.80. The molecule has 158 valence electrons. The third kappa shape index (κ3) is 5.25. The van der Waals surface area contributed by atoms with E-state index in [1.54, 1.807) is 6.08 Å². The molecule has 0 aromatic heterocycles. The summed E-state index contributed by atoms with van der Waals surface area (Å²) in [5.41, 5.74) is 2.85. The van der Waals surface area contributed by atoms with Crippen molar-refractivity contribution < 1.29 is 19.1 Å². The molecule has 6 heteroatoms. The summed E-state index contributed by atoms with van der Waals surface area (Å²) in [6.45, 7) is 8.76. The monoisotopic (exact) mass is 425 g/mol. The lowest BCUT2D eigenvalue weighted by atomic mass is 10.1. The van der Waals surface area contributed by atoms with Crippen LogP contribution in [0.2, 0.25) is 0 Å². The van der Waals surface area contributed by atoms with Crippen LogP contribution >= 0.6 is 11.8 Å². The van der Waals surface area contributed by atoms with Gasteiger partial charge in [-0.3, -0.25) is 14.5 Å². The molecule has 1 aliphatic rings. The molecule has 5 nitrogen and oxygen atoms in total. The highest BCUT2D eigenvalue weighted by Crippen LogP contribution is 2.35. The first-order valence-corrected chi connectivity index (χ1v) is 11.0. The molecule has 0 aliphatic carbocycles. The van der Waals surface area contributed by atoms with Gasteiger partial charge < -0.3 is 9.47 Å². The van der Waals surface area contributed by atoms with Crippen LogP contribution in [0.5, 0.6) is 11.5 Å². The number of carbonyl (C=O) groups is 2. The topological polar surface area (TPSA) is 55.8 Å². The van der Waals surface area contributed by atoms with E-state index in [1.807, 2.05) is 63.2 Å². The van der Waals surface area contributed by atoms with Gasteiger partial charge >= 0.3 is 0 Å². The van der Waals surface area contributed by atoms with E-state index in [-0.39, 0.29) is 23.8 Å². The average Bonchev–Trinajstić information content (AvgIpc) is 2.99. The first kappa shape index (κ1) is 22.0. The van der Waals surface area contributed by atoms with Crippen LogP contribution in [-0.2, 0) is 11.3 Å². The molecule has 1 heterocycles. The standard InChI is InChI=1S/C24H27NO4S/c1-5-17(4)29-20-12-11-19(13-21(20)28-6-2)14-22-23(26)25(24(27)30-22)15-18-9-7-16(3)8-10-18/h7-14,17H,5-6,15H2,1-4H3/b22-14+/t17-/m1/s1. The van der Waals surface area contributed by atoms with Crippen molar-refractivity contribution in [2.75, 3.05) is 6.61 Å². The minimum atomic E-state index is -0.275. The van der Waals surface area contributed by atoms with E-state index in [0.29, 0.717) is 23.0 Å². The maximum atomic E-state index is 12.8. The molecule has 1 fully saturated rings. The maximum absolute atomic E-state index is 12.8. The smallest absolute Gasteiger partial charge is 0.293 e. The molecule has 2 amide bonds. The Morgan fingerprint density at radius 2 is 1.80 bits per heavy atom. The number of rotatable bonds is 8. The average molecular weight is 426 g/mol. The molecule has 0 spiro atoms. The number of hydrogen-bond acceptors (Lipinski definition) is 5. The van der Waals surface area contributed by atoms with Gasteiger partial charge in [-0.05, 0) is 68.3 Å². The SMILES string of the molecule is CCOc1cc(/C=C2/SC(=O)N(Cc3ccc(C)cc3)C2=O)ccc1O[C@H](C)CC. The Labute approximate surface area is 182 Å². The van der Waals surface area contributed by atoms with Gasteiger partial charge in [0, 0.05) is 0 Å². The third-order valence-electron chi connectivity index (χ3n) is 4.80. The van der Waals surface area contributed by atoms with Crippen LogP contribution in [0.1, 0.15) is 43.9 Å². The molecule has 1 atom stereocenters. The van der Waals surface area contributed by atoms with Crippen molar-refractivity contribution >= 4 is 29.0 Å². The molecule has 0 unspecified atom stereocenters. The number of amides is 2. The van der Waals surface area contributed by atoms with Crippen LogP contribution in [0.3, 0.4) is 0 Å². The summed E-state index contributed by atoms with van der Waals surface area (Å²) >= 11 is 0.963. The predicted molar refractivity (Wildman–Crippen MR) is 121 cm³/mol. The van der Waals surface area contributed by atoms with Gasteiger partial charge in [0.15, 0.2) is 11.5 Å². The fourth-order valence-corrected chi connectivity index (χ4v) is 3.78. The molecule has 1 saturated heterocycles. The summed E-state index contributed by atoms with van der Waals surface area (Å²) in [4.78, 5) is 26.9. The van der Waals surface area contributed by atoms with Gasteiger partial charge in [-0.1, -0.05) is 42.8 Å². The lowest BCUT2D eigenvalue weighted by molar-refractivity contribution is -0.123. The van der Waals surface area contributed by atoms with Crippen LogP contribution in [0, 0.1) is 6.92 Å². The summed E-state index contributed by atoms with van der Waals surface area (Å²) in [6, 6.07) is 13.4. The van der Waals surface area contributed by atoms with Gasteiger partial charge in [-0.25, -0.2) is 0 Å². The molecule has 1 aliphatic heterocycles. The highest BCUT2D eigenvalue weighted by atomic mass is 32.2. The van der Waals surface area contributed by atoms with E-state index in [1.165, 1.54) is 4.90 Å². The van der Waals surface area contributed by atoms with E-state index in [0.717, 1.165) is 34.9 Å². The fraction of sp³-hybridized carbons (Fsp3) is 0.333. The van der Waals surface area contributed by atoms with Crippen molar-refractivity contribution in [3.8, 4) is 11.5 Å². The van der Waals surface area contributed by atoms with Gasteiger partial charge in [0.2, 0.25) is 0 Å². The van der Waals surface area contributed by atoms with Gasteiger partial charge in [0.25, 0.3) is 11.1 Å². The number of benzene rings is 2. The Kier molecular flexibility index (Phi) is 7.21. The largest absolute Gasteiger partial charge is 0.490 e. The van der Waals surface area contributed by atoms with Crippen molar-refractivity contribution in [3.63, 3.8) is 0 Å². The van der Waals surface area contributed by atoms with E-state index in [4.69, 9.17) is 9.47 Å². The van der Waals surface area contributed by atoms with Crippen LogP contribution in [0.4, 0.5) is 4.79 Å². The molecule has 0 N–H and O–H groups in total. The molecule has 0 radical (unpaired) electrons. The van der Waals surface area contributed by atoms with Crippen molar-refractivity contribution in [2.24, 2.45) is 0 Å². The number of carbonyl (C=O) groups excluding carboxylic acids is 2. The lowest BCUT2D eigenvalue weighted by Gasteiger charge is -2.16. The number of nitrogens with zero attached hydrogens (tertiary/aromatic N) is 1. The van der Waals surface area contributed by atoms with Crippen molar-refractivity contribution in [2.45, 2.75) is 46.8 Å². The first-order chi connectivity index (χ1) is 14.4. The van der Waals surface area contributed by atoms with Gasteiger partial charge in [-0.15, -0.1) is 0 Å². The molecular formula is C24H27NO4S. The summed E-state index contributed by atoms with van der Waals surface area (Å²) in [5, 5.41) is -0.256. The number of aryl methyl sites for hydroxylation is 1. The third-order valence-corrected chi connectivity index (χ3v) is 5.71. The second-order valence-electron chi connectivity index (χ2n) is 7.23. The second-order valence-corrected chi connectivity index (χ2v) is 8.22. The molecule has 3 rings (SSSR count). The quantitative estimate of drug-likeness (QED) is 0.500. The maximum Gasteiger partial charge on any atom is 0.293 e. The van der Waals surface area contributed by atoms with E-state index in [9.17, 15) is 9.59 Å². The normalized spacial score (nSPS) is 16.3. The van der Waals surface area contributed by atoms with Crippen LogP contribution < -0.4 is 9.47 Å². The van der Waals surface area contributed by atoms with Crippen LogP contribution in [0.25, 0.3) is 6.08 Å². The van der Waals surface area contributed by atoms with Crippen molar-refractivity contribution in [1.82, 2.24) is 4.90 Å². The molecular weight excluding hydrogens is 398 g/mol. The molecule has 0 saturated carbocycles. The number of ether oxygens (including phenoxy) is 2. The van der Waals surface area contributed by atoms with Crippen LogP contribution in [-0.4, -0.2) is 28.8 Å². The van der Waals surface area contributed by atoms with Crippen molar-refractivity contribution in [1.29, 1.82) is 0 Å². The van der Waals surface area contributed by atoms with Gasteiger partial charge in [0.05, 0.1) is 24.2 Å². The van der Waals surface area contributed by atoms with Gasteiger partial charge in [0.1, 0.15) is 0 Å². The van der Waals surface area contributed by atoms with E-state index in [2.05, 4.69) is 6.92 Å². The molecule has 30 heavy (non-hydrogen) atoms. The first-order valence-electron chi connectivity index (χ1n) is 10.2. The van der Waals surface area contributed by atoms with E-state index >= 15 is 0 Å². The summed E-state index contributed by atoms with van der Waals surface area (Å²) in [5.74, 6) is 1.03. The zero-order valence-corrected chi connectivity index (χ0v) is 18.6. The Hall–Kier alpha value is -2.73. The number of imide groups is 1. The molecule has 2 aromatic rings. The zero-order valence-electron chi connectivity index (χ0n) is 17.8. The lowest BCUT2D eigenvalue weighted by Crippen LogP contribution is -2.27. The van der Waals surface area contributed by atoms with E-state index < -0.39 is 0 Å². The Morgan fingerprint density at radius 3 is 2.47 bits per heavy atom. The predicted octanol–water partition coefficient (Wildman–Crippen LogP) is 5.81. The Morgan fingerprint density at radius 1 is 1.07 bits per heavy atom. The van der Waals surface area contributed by atoms with Crippen molar-refractivity contribution in [3.05, 3.63) is 64.1 Å². The second kappa shape index (κ2) is 9.85. The highest BCUT2D eigenvalue weighted by Gasteiger charge is 2.35.